The first-order valence-corrected chi connectivity index (χ1v) is 8.72. The second-order valence-electron chi connectivity index (χ2n) is 7.08. The van der Waals surface area contributed by atoms with Gasteiger partial charge in [-0.2, -0.15) is 5.10 Å². The lowest BCUT2D eigenvalue weighted by molar-refractivity contribution is -0.121. The van der Waals surface area contributed by atoms with Crippen molar-refractivity contribution in [3.8, 4) is 0 Å². The first kappa shape index (κ1) is 18.9. The molecule has 1 aliphatic heterocycles. The predicted octanol–water partition coefficient (Wildman–Crippen LogP) is 0.649. The highest BCUT2D eigenvalue weighted by atomic mass is 16.5. The average molecular weight is 337 g/mol. The van der Waals surface area contributed by atoms with E-state index in [-0.39, 0.29) is 23.5 Å². The summed E-state index contributed by atoms with van der Waals surface area (Å²) in [5.74, 6) is 0.0239. The third-order valence-corrected chi connectivity index (χ3v) is 4.84. The lowest BCUT2D eigenvalue weighted by Gasteiger charge is -2.40. The summed E-state index contributed by atoms with van der Waals surface area (Å²) in [7, 11) is 0. The van der Waals surface area contributed by atoms with Crippen LogP contribution in [-0.2, 0) is 9.53 Å². The molecular weight excluding hydrogens is 306 g/mol. The smallest absolute Gasteiger partial charge is 0.234 e. The largest absolute Gasteiger partial charge is 0.379 e. The van der Waals surface area contributed by atoms with Crippen molar-refractivity contribution in [2.45, 2.75) is 45.3 Å². The van der Waals surface area contributed by atoms with Gasteiger partial charge < -0.3 is 15.4 Å². The second kappa shape index (κ2) is 8.60. The van der Waals surface area contributed by atoms with Crippen molar-refractivity contribution >= 4 is 5.91 Å². The minimum atomic E-state index is -0.0621. The van der Waals surface area contributed by atoms with E-state index in [9.17, 15) is 4.79 Å². The molecule has 0 radical (unpaired) electrons. The summed E-state index contributed by atoms with van der Waals surface area (Å²) in [6.45, 7) is 12.8. The highest BCUT2D eigenvalue weighted by Crippen LogP contribution is 2.15. The van der Waals surface area contributed by atoms with Crippen molar-refractivity contribution in [2.75, 3.05) is 39.4 Å². The summed E-state index contributed by atoms with van der Waals surface area (Å²) >= 11 is 0. The summed E-state index contributed by atoms with van der Waals surface area (Å²) in [5, 5.41) is 10.6. The van der Waals surface area contributed by atoms with Crippen LogP contribution in [0.4, 0.5) is 0 Å². The van der Waals surface area contributed by atoms with Gasteiger partial charge in [-0.15, -0.1) is 0 Å². The Labute approximate surface area is 144 Å². The molecule has 136 valence electrons. The lowest BCUT2D eigenvalue weighted by Crippen LogP contribution is -2.56. The number of nitrogens with zero attached hydrogens (tertiary/aromatic N) is 3. The van der Waals surface area contributed by atoms with Crippen molar-refractivity contribution in [3.63, 3.8) is 0 Å². The zero-order valence-electron chi connectivity index (χ0n) is 15.3. The van der Waals surface area contributed by atoms with Crippen molar-refractivity contribution in [1.29, 1.82) is 0 Å². The monoisotopic (exact) mass is 337 g/mol. The fourth-order valence-corrected chi connectivity index (χ4v) is 2.83. The Balaban J connectivity index is 1.70. The van der Waals surface area contributed by atoms with E-state index in [0.29, 0.717) is 13.1 Å². The highest BCUT2D eigenvalue weighted by Gasteiger charge is 2.28. The first-order valence-electron chi connectivity index (χ1n) is 8.72. The van der Waals surface area contributed by atoms with Gasteiger partial charge in [-0.05, 0) is 33.8 Å². The molecule has 1 fully saturated rings. The average Bonchev–Trinajstić information content (AvgIpc) is 3.12. The van der Waals surface area contributed by atoms with Crippen molar-refractivity contribution in [3.05, 3.63) is 18.5 Å². The summed E-state index contributed by atoms with van der Waals surface area (Å²) in [6, 6.07) is 2.25. The van der Waals surface area contributed by atoms with Crippen LogP contribution in [0.15, 0.2) is 18.5 Å². The number of hydrogen-bond donors (Lipinski definition) is 2. The van der Waals surface area contributed by atoms with Crippen LogP contribution in [0.1, 0.15) is 33.7 Å². The van der Waals surface area contributed by atoms with E-state index < -0.39 is 0 Å². The van der Waals surface area contributed by atoms with E-state index in [1.807, 2.05) is 16.9 Å². The molecule has 1 aromatic rings. The highest BCUT2D eigenvalue weighted by molar-refractivity contribution is 5.78. The van der Waals surface area contributed by atoms with Gasteiger partial charge in [0.15, 0.2) is 0 Å². The standard InChI is InChI=1S/C17H31N5O2/c1-14(15(2)22-7-5-6-20-22)18-12-16(23)19-13-17(3,4)21-8-10-24-11-9-21/h5-7,14-15,18H,8-13H2,1-4H3,(H,19,23)/t14-,15-/m1/s1. The number of nitrogens with one attached hydrogen (secondary N) is 2. The Hall–Kier alpha value is -1.44. The number of morpholine rings is 1. The van der Waals surface area contributed by atoms with E-state index in [1.54, 1.807) is 6.20 Å². The maximum absolute atomic E-state index is 12.1. The number of carbonyl (C=O) groups excluding carboxylic acids is 1. The molecule has 0 bridgehead atoms. The molecule has 2 heterocycles. The van der Waals surface area contributed by atoms with Gasteiger partial charge in [0.25, 0.3) is 0 Å². The molecule has 2 N–H and O–H groups in total. The Morgan fingerprint density at radius 2 is 2.04 bits per heavy atom. The number of carbonyl (C=O) groups is 1. The van der Waals surface area contributed by atoms with E-state index in [2.05, 4.69) is 48.3 Å². The molecule has 7 nitrogen and oxygen atoms in total. The van der Waals surface area contributed by atoms with Crippen molar-refractivity contribution in [1.82, 2.24) is 25.3 Å². The molecule has 2 rings (SSSR count). The van der Waals surface area contributed by atoms with Gasteiger partial charge in [0.2, 0.25) is 5.91 Å². The second-order valence-corrected chi connectivity index (χ2v) is 7.08. The van der Waals surface area contributed by atoms with Crippen LogP contribution in [0.5, 0.6) is 0 Å². The number of rotatable bonds is 8. The van der Waals surface area contributed by atoms with Gasteiger partial charge >= 0.3 is 0 Å². The predicted molar refractivity (Wildman–Crippen MR) is 93.9 cm³/mol. The number of aromatic nitrogens is 2. The molecule has 7 heteroatoms. The molecule has 24 heavy (non-hydrogen) atoms. The lowest BCUT2D eigenvalue weighted by atomic mass is 10.0. The van der Waals surface area contributed by atoms with Crippen LogP contribution < -0.4 is 10.6 Å². The number of ether oxygens (including phenoxy) is 1. The summed E-state index contributed by atoms with van der Waals surface area (Å²) in [5.41, 5.74) is -0.0621. The summed E-state index contributed by atoms with van der Waals surface area (Å²) in [4.78, 5) is 14.5. The van der Waals surface area contributed by atoms with E-state index in [1.165, 1.54) is 0 Å². The van der Waals surface area contributed by atoms with Crippen molar-refractivity contribution < 1.29 is 9.53 Å². The quantitative estimate of drug-likeness (QED) is 0.729. The molecule has 2 atom stereocenters. The number of hydrogen-bond acceptors (Lipinski definition) is 5. The third kappa shape index (κ3) is 5.29. The Kier molecular flexibility index (Phi) is 6.77. The van der Waals surface area contributed by atoms with Crippen LogP contribution in [0.25, 0.3) is 0 Å². The molecule has 0 spiro atoms. The molecule has 1 aromatic heterocycles. The van der Waals surface area contributed by atoms with Crippen LogP contribution in [-0.4, -0.2) is 71.6 Å². The third-order valence-electron chi connectivity index (χ3n) is 4.84. The van der Waals surface area contributed by atoms with Gasteiger partial charge in [-0.25, -0.2) is 0 Å². The van der Waals surface area contributed by atoms with Gasteiger partial charge in [0.1, 0.15) is 0 Å². The van der Waals surface area contributed by atoms with Crippen LogP contribution >= 0.6 is 0 Å². The zero-order chi connectivity index (χ0) is 17.6. The molecule has 1 amide bonds. The van der Waals surface area contributed by atoms with Crippen LogP contribution in [0.3, 0.4) is 0 Å². The molecule has 0 unspecified atom stereocenters. The SMILES string of the molecule is C[C@H]([C@@H](C)NCC(=O)NCC(C)(C)N1CCOCC1)n1cccn1. The van der Waals surface area contributed by atoms with E-state index in [0.717, 1.165) is 26.3 Å². The van der Waals surface area contributed by atoms with Gasteiger partial charge in [-0.3, -0.25) is 14.4 Å². The minimum absolute atomic E-state index is 0.0239. The number of amides is 1. The fraction of sp³-hybridized carbons (Fsp3) is 0.765. The molecule has 0 aliphatic carbocycles. The summed E-state index contributed by atoms with van der Waals surface area (Å²) < 4.78 is 7.29. The topological polar surface area (TPSA) is 71.4 Å². The summed E-state index contributed by atoms with van der Waals surface area (Å²) in [6.07, 6.45) is 3.71. The maximum Gasteiger partial charge on any atom is 0.234 e. The Morgan fingerprint density at radius 3 is 2.67 bits per heavy atom. The van der Waals surface area contributed by atoms with Gasteiger partial charge in [0, 0.05) is 43.6 Å². The van der Waals surface area contributed by atoms with Crippen molar-refractivity contribution in [2.24, 2.45) is 0 Å². The zero-order valence-corrected chi connectivity index (χ0v) is 15.3. The van der Waals surface area contributed by atoms with E-state index in [4.69, 9.17) is 4.74 Å². The van der Waals surface area contributed by atoms with Crippen LogP contribution in [0.2, 0.25) is 0 Å². The maximum atomic E-state index is 12.1. The molecule has 1 saturated heterocycles. The van der Waals surface area contributed by atoms with Gasteiger partial charge in [-0.1, -0.05) is 0 Å². The molecule has 0 aromatic carbocycles. The molecule has 0 saturated carbocycles. The Morgan fingerprint density at radius 1 is 1.33 bits per heavy atom. The van der Waals surface area contributed by atoms with E-state index >= 15 is 0 Å². The van der Waals surface area contributed by atoms with Crippen LogP contribution in [0, 0.1) is 0 Å². The fourth-order valence-electron chi connectivity index (χ4n) is 2.83. The van der Waals surface area contributed by atoms with Gasteiger partial charge in [0.05, 0.1) is 25.8 Å². The normalized spacial score (nSPS) is 19.0. The minimum Gasteiger partial charge on any atom is -0.379 e. The molecular formula is C17H31N5O2. The first-order chi connectivity index (χ1) is 11.4. The molecule has 1 aliphatic rings. The Bertz CT molecular complexity index is 497.